The van der Waals surface area contributed by atoms with Gasteiger partial charge >= 0.3 is 0 Å². The second-order valence-corrected chi connectivity index (χ2v) is 8.61. The maximum atomic E-state index is 12.7. The van der Waals surface area contributed by atoms with Crippen LogP contribution in [0.15, 0.2) is 41.8 Å². The molecule has 2 heterocycles. The Morgan fingerprint density at radius 3 is 2.38 bits per heavy atom. The largest absolute Gasteiger partial charge is 0.339 e. The Labute approximate surface area is 161 Å². The van der Waals surface area contributed by atoms with Gasteiger partial charge in [0, 0.05) is 37.3 Å². The van der Waals surface area contributed by atoms with E-state index in [9.17, 15) is 13.2 Å². The normalized spacial score (nSPS) is 24.6. The molecule has 26 heavy (non-hydrogen) atoms. The van der Waals surface area contributed by atoms with Gasteiger partial charge in [0.1, 0.15) is 0 Å². The zero-order chi connectivity index (χ0) is 18.0. The summed E-state index contributed by atoms with van der Waals surface area (Å²) in [5.41, 5.74) is 0.510. The van der Waals surface area contributed by atoms with Crippen molar-refractivity contribution in [3.63, 3.8) is 0 Å². The molecule has 2 N–H and O–H groups in total. The third-order valence-corrected chi connectivity index (χ3v) is 6.58. The molecular weight excluding hydrogens is 374 g/mol. The predicted molar refractivity (Wildman–Crippen MR) is 104 cm³/mol. The third kappa shape index (κ3) is 4.46. The maximum absolute atomic E-state index is 12.7. The van der Waals surface area contributed by atoms with Crippen LogP contribution in [0.1, 0.15) is 36.0 Å². The number of hydrogen-bond donors (Lipinski definition) is 2. The lowest BCUT2D eigenvalue weighted by molar-refractivity contribution is 0.0681. The van der Waals surface area contributed by atoms with Crippen LogP contribution in [0, 0.1) is 0 Å². The van der Waals surface area contributed by atoms with Crippen molar-refractivity contribution in [2.45, 2.75) is 48.7 Å². The van der Waals surface area contributed by atoms with Crippen LogP contribution in [0.4, 0.5) is 0 Å². The zero-order valence-electron chi connectivity index (χ0n) is 14.8. The SMILES string of the molecule is C=CCNS(=O)(=O)c1ccc(C(=O)N(C)C2CC3CCC(C2)N3)cc1.Cl. The first kappa shape index (κ1) is 20.9. The summed E-state index contributed by atoms with van der Waals surface area (Å²) < 4.78 is 26.6. The lowest BCUT2D eigenvalue weighted by atomic mass is 9.98. The van der Waals surface area contributed by atoms with Gasteiger partial charge in [0.25, 0.3) is 5.91 Å². The van der Waals surface area contributed by atoms with Crippen LogP contribution in [-0.4, -0.2) is 50.9 Å². The van der Waals surface area contributed by atoms with Gasteiger partial charge in [0.05, 0.1) is 4.90 Å². The second-order valence-electron chi connectivity index (χ2n) is 6.84. The number of amides is 1. The molecular formula is C18H26ClN3O3S. The molecule has 144 valence electrons. The first-order chi connectivity index (χ1) is 11.9. The Hall–Kier alpha value is -1.41. The van der Waals surface area contributed by atoms with Crippen molar-refractivity contribution in [1.29, 1.82) is 0 Å². The number of nitrogens with zero attached hydrogens (tertiary/aromatic N) is 1. The van der Waals surface area contributed by atoms with Crippen LogP contribution in [-0.2, 0) is 10.0 Å². The predicted octanol–water partition coefficient (Wildman–Crippen LogP) is 1.93. The summed E-state index contributed by atoms with van der Waals surface area (Å²) in [5.74, 6) is -0.0608. The number of fused-ring (bicyclic) bond motifs is 2. The number of piperidine rings is 1. The minimum Gasteiger partial charge on any atom is -0.339 e. The number of nitrogens with one attached hydrogen (secondary N) is 2. The molecule has 3 rings (SSSR count). The Kier molecular flexibility index (Phi) is 6.85. The van der Waals surface area contributed by atoms with Crippen molar-refractivity contribution in [2.24, 2.45) is 0 Å². The van der Waals surface area contributed by atoms with Crippen LogP contribution >= 0.6 is 12.4 Å². The Morgan fingerprint density at radius 1 is 1.27 bits per heavy atom. The third-order valence-electron chi connectivity index (χ3n) is 5.15. The van der Waals surface area contributed by atoms with Crippen LogP contribution in [0.25, 0.3) is 0 Å². The van der Waals surface area contributed by atoms with Crippen LogP contribution in [0.2, 0.25) is 0 Å². The summed E-state index contributed by atoms with van der Waals surface area (Å²) in [6.07, 6.45) is 5.82. The van der Waals surface area contributed by atoms with Crippen molar-refractivity contribution in [3.8, 4) is 0 Å². The molecule has 6 nitrogen and oxygen atoms in total. The van der Waals surface area contributed by atoms with E-state index in [1.807, 2.05) is 11.9 Å². The molecule has 2 aliphatic heterocycles. The van der Waals surface area contributed by atoms with E-state index in [0.29, 0.717) is 17.6 Å². The molecule has 8 heteroatoms. The number of carbonyl (C=O) groups excluding carboxylic acids is 1. The first-order valence-electron chi connectivity index (χ1n) is 8.64. The van der Waals surface area contributed by atoms with E-state index in [2.05, 4.69) is 16.6 Å². The fourth-order valence-electron chi connectivity index (χ4n) is 3.74. The van der Waals surface area contributed by atoms with Gasteiger partial charge in [-0.25, -0.2) is 13.1 Å². The summed E-state index contributed by atoms with van der Waals surface area (Å²) in [6, 6.07) is 7.37. The lowest BCUT2D eigenvalue weighted by Gasteiger charge is -2.35. The summed E-state index contributed by atoms with van der Waals surface area (Å²) in [6.45, 7) is 3.66. The topological polar surface area (TPSA) is 78.5 Å². The first-order valence-corrected chi connectivity index (χ1v) is 10.1. The molecule has 2 unspecified atom stereocenters. The molecule has 1 aromatic rings. The molecule has 2 bridgehead atoms. The number of rotatable bonds is 6. The molecule has 0 radical (unpaired) electrons. The van der Waals surface area contributed by atoms with Crippen LogP contribution in [0.5, 0.6) is 0 Å². The van der Waals surface area contributed by atoms with E-state index in [1.165, 1.54) is 31.1 Å². The van der Waals surface area contributed by atoms with Gasteiger partial charge in [-0.2, -0.15) is 0 Å². The van der Waals surface area contributed by atoms with Gasteiger partial charge in [-0.1, -0.05) is 6.08 Å². The number of halogens is 1. The summed E-state index contributed by atoms with van der Waals surface area (Å²) in [7, 11) is -1.73. The van der Waals surface area contributed by atoms with Crippen molar-refractivity contribution in [1.82, 2.24) is 14.9 Å². The van der Waals surface area contributed by atoms with Gasteiger partial charge in [-0.3, -0.25) is 4.79 Å². The Morgan fingerprint density at radius 2 is 1.85 bits per heavy atom. The van der Waals surface area contributed by atoms with Crippen molar-refractivity contribution in [3.05, 3.63) is 42.5 Å². The van der Waals surface area contributed by atoms with Gasteiger partial charge in [-0.15, -0.1) is 19.0 Å². The highest BCUT2D eigenvalue weighted by Gasteiger charge is 2.36. The van der Waals surface area contributed by atoms with E-state index >= 15 is 0 Å². The fraction of sp³-hybridized carbons (Fsp3) is 0.500. The standard InChI is InChI=1S/C18H25N3O3S.ClH/c1-3-10-19-25(23,24)17-8-4-13(5-9-17)18(22)21(2)16-11-14-6-7-15(12-16)20-14;/h3-5,8-9,14-16,19-20H,1,6-7,10-12H2,2H3;1H. The highest BCUT2D eigenvalue weighted by molar-refractivity contribution is 7.89. The molecule has 0 aliphatic carbocycles. The number of hydrogen-bond acceptors (Lipinski definition) is 4. The molecule has 1 amide bonds. The van der Waals surface area contributed by atoms with E-state index < -0.39 is 10.0 Å². The molecule has 2 fully saturated rings. The van der Waals surface area contributed by atoms with E-state index in [1.54, 1.807) is 12.1 Å². The number of sulfonamides is 1. The number of carbonyl (C=O) groups is 1. The molecule has 0 aromatic heterocycles. The monoisotopic (exact) mass is 399 g/mol. The maximum Gasteiger partial charge on any atom is 0.253 e. The Bertz CT molecular complexity index is 739. The fourth-order valence-corrected chi connectivity index (χ4v) is 4.74. The van der Waals surface area contributed by atoms with E-state index in [4.69, 9.17) is 0 Å². The van der Waals surface area contributed by atoms with Gasteiger partial charge < -0.3 is 10.2 Å². The molecule has 2 aliphatic rings. The highest BCUT2D eigenvalue weighted by Crippen LogP contribution is 2.29. The summed E-state index contributed by atoms with van der Waals surface area (Å²) >= 11 is 0. The van der Waals surface area contributed by atoms with Gasteiger partial charge in [0.2, 0.25) is 10.0 Å². The molecule has 2 saturated heterocycles. The zero-order valence-corrected chi connectivity index (χ0v) is 16.5. The highest BCUT2D eigenvalue weighted by atomic mass is 35.5. The summed E-state index contributed by atoms with van der Waals surface area (Å²) in [5, 5.41) is 3.58. The van der Waals surface area contributed by atoms with E-state index in [0.717, 1.165) is 12.8 Å². The molecule has 0 saturated carbocycles. The minimum atomic E-state index is -3.57. The lowest BCUT2D eigenvalue weighted by Crippen LogP contribution is -2.48. The smallest absolute Gasteiger partial charge is 0.253 e. The quantitative estimate of drug-likeness (QED) is 0.716. The van der Waals surface area contributed by atoms with Crippen LogP contribution < -0.4 is 10.0 Å². The van der Waals surface area contributed by atoms with E-state index in [-0.39, 0.29) is 35.8 Å². The second kappa shape index (κ2) is 8.52. The summed E-state index contributed by atoms with van der Waals surface area (Å²) in [4.78, 5) is 14.7. The van der Waals surface area contributed by atoms with Gasteiger partial charge in [-0.05, 0) is 49.9 Å². The minimum absolute atomic E-state index is 0. The number of benzene rings is 1. The molecule has 2 atom stereocenters. The Balaban J connectivity index is 0.00000243. The van der Waals surface area contributed by atoms with Gasteiger partial charge in [0.15, 0.2) is 0 Å². The average Bonchev–Trinajstić information content (AvgIpc) is 2.96. The molecule has 0 spiro atoms. The van der Waals surface area contributed by atoms with Crippen molar-refractivity contribution < 1.29 is 13.2 Å². The van der Waals surface area contributed by atoms with Crippen molar-refractivity contribution >= 4 is 28.3 Å². The average molecular weight is 400 g/mol. The van der Waals surface area contributed by atoms with Crippen molar-refractivity contribution in [2.75, 3.05) is 13.6 Å². The van der Waals surface area contributed by atoms with Crippen LogP contribution in [0.3, 0.4) is 0 Å². The molecule has 1 aromatic carbocycles.